The molecule has 0 aliphatic rings. The molecule has 2 rings (SSSR count). The predicted molar refractivity (Wildman–Crippen MR) is 76.5 cm³/mol. The average molecular weight is 311 g/mol. The smallest absolute Gasteiger partial charge is 0.106 e. The number of anilines is 2. The highest BCUT2D eigenvalue weighted by molar-refractivity contribution is 9.10. The van der Waals surface area contributed by atoms with Crippen molar-refractivity contribution in [1.82, 2.24) is 9.78 Å². The van der Waals surface area contributed by atoms with Crippen molar-refractivity contribution in [1.29, 1.82) is 0 Å². The van der Waals surface area contributed by atoms with Gasteiger partial charge in [0.25, 0.3) is 0 Å². The van der Waals surface area contributed by atoms with Gasteiger partial charge >= 0.3 is 0 Å². The van der Waals surface area contributed by atoms with Gasteiger partial charge in [-0.3, -0.25) is 4.68 Å². The van der Waals surface area contributed by atoms with Crippen molar-refractivity contribution in [3.05, 3.63) is 40.6 Å². The van der Waals surface area contributed by atoms with Crippen LogP contribution in [-0.4, -0.2) is 14.8 Å². The molecular weight excluding hydrogens is 300 g/mol. The minimum atomic E-state index is 0.359. The first kappa shape index (κ1) is 12.1. The highest BCUT2D eigenvalue weighted by atomic mass is 79.9. The third-order valence-electron chi connectivity index (χ3n) is 2.23. The summed E-state index contributed by atoms with van der Waals surface area (Å²) in [5.41, 5.74) is 8.26. The van der Waals surface area contributed by atoms with Gasteiger partial charge in [-0.25, -0.2) is 0 Å². The summed E-state index contributed by atoms with van der Waals surface area (Å²) in [4.78, 5) is 0.359. The van der Waals surface area contributed by atoms with Crippen LogP contribution in [0.2, 0.25) is 0 Å². The summed E-state index contributed by atoms with van der Waals surface area (Å²) >= 11 is 8.42. The summed E-state index contributed by atoms with van der Waals surface area (Å²) in [5.74, 6) is 0. The molecule has 0 radical (unpaired) electrons. The van der Waals surface area contributed by atoms with E-state index in [9.17, 15) is 0 Å². The molecule has 0 aliphatic carbocycles. The second-order valence-electron chi connectivity index (χ2n) is 3.58. The Morgan fingerprint density at radius 2 is 2.29 bits per heavy atom. The largest absolute Gasteiger partial charge is 0.389 e. The highest BCUT2D eigenvalue weighted by Crippen LogP contribution is 2.24. The van der Waals surface area contributed by atoms with E-state index in [4.69, 9.17) is 18.0 Å². The third-order valence-corrected chi connectivity index (χ3v) is 2.94. The summed E-state index contributed by atoms with van der Waals surface area (Å²) in [6.45, 7) is 0. The number of halogens is 1. The van der Waals surface area contributed by atoms with E-state index in [2.05, 4.69) is 26.3 Å². The molecule has 2 aromatic rings. The zero-order chi connectivity index (χ0) is 12.4. The number of hydrogen-bond donors (Lipinski definition) is 2. The molecule has 0 saturated heterocycles. The minimum Gasteiger partial charge on any atom is -0.389 e. The Labute approximate surface area is 113 Å². The summed E-state index contributed by atoms with van der Waals surface area (Å²) in [7, 11) is 1.86. The van der Waals surface area contributed by atoms with Gasteiger partial charge in [0.1, 0.15) is 4.99 Å². The van der Waals surface area contributed by atoms with Crippen LogP contribution in [0.4, 0.5) is 11.4 Å². The van der Waals surface area contributed by atoms with E-state index in [0.717, 1.165) is 21.4 Å². The minimum absolute atomic E-state index is 0.359. The molecular formula is C11H11BrN4S. The third kappa shape index (κ3) is 2.83. The van der Waals surface area contributed by atoms with Crippen molar-refractivity contribution in [2.24, 2.45) is 12.8 Å². The van der Waals surface area contributed by atoms with Crippen LogP contribution in [0, 0.1) is 0 Å². The number of hydrogen-bond acceptors (Lipinski definition) is 3. The van der Waals surface area contributed by atoms with E-state index >= 15 is 0 Å². The van der Waals surface area contributed by atoms with Crippen LogP contribution in [0.5, 0.6) is 0 Å². The van der Waals surface area contributed by atoms with E-state index in [1.807, 2.05) is 31.4 Å². The Morgan fingerprint density at radius 3 is 2.88 bits per heavy atom. The molecule has 0 saturated carbocycles. The molecule has 0 unspecified atom stereocenters. The van der Waals surface area contributed by atoms with Gasteiger partial charge in [-0.05, 0) is 18.2 Å². The number of aryl methyl sites for hydroxylation is 1. The predicted octanol–water partition coefficient (Wildman–Crippen LogP) is 2.56. The number of nitrogens with two attached hydrogens (primary N) is 1. The maximum absolute atomic E-state index is 5.69. The lowest BCUT2D eigenvalue weighted by Gasteiger charge is -2.09. The molecule has 0 fully saturated rings. The van der Waals surface area contributed by atoms with E-state index in [-0.39, 0.29) is 0 Å². The Balaban J connectivity index is 2.35. The molecule has 1 aromatic heterocycles. The Hall–Kier alpha value is -1.40. The zero-order valence-corrected chi connectivity index (χ0v) is 11.5. The van der Waals surface area contributed by atoms with Gasteiger partial charge in [-0.15, -0.1) is 0 Å². The van der Waals surface area contributed by atoms with E-state index in [1.165, 1.54) is 0 Å². The van der Waals surface area contributed by atoms with Crippen molar-refractivity contribution < 1.29 is 0 Å². The molecule has 6 heteroatoms. The Kier molecular flexibility index (Phi) is 3.44. The van der Waals surface area contributed by atoms with Crippen LogP contribution >= 0.6 is 28.1 Å². The molecule has 0 spiro atoms. The Bertz CT molecular complexity index is 564. The molecule has 0 amide bonds. The van der Waals surface area contributed by atoms with Gasteiger partial charge < -0.3 is 11.1 Å². The molecule has 1 aromatic carbocycles. The van der Waals surface area contributed by atoms with Crippen LogP contribution in [-0.2, 0) is 7.05 Å². The number of aromatic nitrogens is 2. The summed E-state index contributed by atoms with van der Waals surface area (Å²) in [6, 6.07) is 5.74. The molecule has 88 valence electrons. The van der Waals surface area contributed by atoms with E-state index in [0.29, 0.717) is 4.99 Å². The molecule has 0 bridgehead atoms. The number of rotatable bonds is 3. The van der Waals surface area contributed by atoms with Crippen LogP contribution in [0.3, 0.4) is 0 Å². The van der Waals surface area contributed by atoms with Crippen molar-refractivity contribution in [2.75, 3.05) is 5.32 Å². The van der Waals surface area contributed by atoms with E-state index < -0.39 is 0 Å². The summed E-state index contributed by atoms with van der Waals surface area (Å²) < 4.78 is 2.67. The van der Waals surface area contributed by atoms with Crippen molar-refractivity contribution in [3.63, 3.8) is 0 Å². The lowest BCUT2D eigenvalue weighted by molar-refractivity contribution is 0.768. The summed E-state index contributed by atoms with van der Waals surface area (Å²) in [6.07, 6.45) is 3.62. The van der Waals surface area contributed by atoms with Crippen LogP contribution in [0.15, 0.2) is 35.1 Å². The number of nitrogens with zero attached hydrogens (tertiary/aromatic N) is 2. The fourth-order valence-electron chi connectivity index (χ4n) is 1.47. The molecule has 17 heavy (non-hydrogen) atoms. The van der Waals surface area contributed by atoms with Gasteiger partial charge in [-0.1, -0.05) is 28.1 Å². The molecule has 3 N–H and O–H groups in total. The first-order valence-electron chi connectivity index (χ1n) is 4.91. The van der Waals surface area contributed by atoms with Crippen molar-refractivity contribution >= 4 is 44.5 Å². The normalized spacial score (nSPS) is 10.2. The zero-order valence-electron chi connectivity index (χ0n) is 9.14. The number of nitrogens with one attached hydrogen (secondary N) is 1. The van der Waals surface area contributed by atoms with Crippen LogP contribution < -0.4 is 11.1 Å². The molecule has 0 aliphatic heterocycles. The van der Waals surface area contributed by atoms with Gasteiger partial charge in [-0.2, -0.15) is 5.10 Å². The lowest BCUT2D eigenvalue weighted by Crippen LogP contribution is -2.11. The van der Waals surface area contributed by atoms with Crippen molar-refractivity contribution in [2.45, 2.75) is 0 Å². The molecule has 1 heterocycles. The highest BCUT2D eigenvalue weighted by Gasteiger charge is 2.07. The lowest BCUT2D eigenvalue weighted by atomic mass is 10.2. The van der Waals surface area contributed by atoms with Gasteiger partial charge in [0.2, 0.25) is 0 Å². The first-order chi connectivity index (χ1) is 8.06. The van der Waals surface area contributed by atoms with E-state index in [1.54, 1.807) is 10.9 Å². The average Bonchev–Trinajstić information content (AvgIpc) is 2.66. The molecule has 0 atom stereocenters. The fourth-order valence-corrected chi connectivity index (χ4v) is 2.00. The molecule has 4 nitrogen and oxygen atoms in total. The van der Waals surface area contributed by atoms with Crippen LogP contribution in [0.25, 0.3) is 0 Å². The monoisotopic (exact) mass is 310 g/mol. The number of benzene rings is 1. The van der Waals surface area contributed by atoms with Gasteiger partial charge in [0.15, 0.2) is 0 Å². The van der Waals surface area contributed by atoms with Crippen molar-refractivity contribution in [3.8, 4) is 0 Å². The van der Waals surface area contributed by atoms with Gasteiger partial charge in [0.05, 0.1) is 11.9 Å². The maximum Gasteiger partial charge on any atom is 0.106 e. The Morgan fingerprint density at radius 1 is 1.53 bits per heavy atom. The summed E-state index contributed by atoms with van der Waals surface area (Å²) in [5, 5.41) is 7.32. The SMILES string of the molecule is Cn1cc(Nc2ccc(Br)cc2C(N)=S)cn1. The number of thiocarbonyl (C=S) groups is 1. The van der Waals surface area contributed by atoms with Crippen LogP contribution in [0.1, 0.15) is 5.56 Å². The topological polar surface area (TPSA) is 55.9 Å². The standard InChI is InChI=1S/C11H11BrN4S/c1-16-6-8(5-14-16)15-10-3-2-7(12)4-9(10)11(13)17/h2-6,15H,1H3,(H2,13,17). The first-order valence-corrected chi connectivity index (χ1v) is 6.11. The maximum atomic E-state index is 5.69. The quantitative estimate of drug-likeness (QED) is 0.856. The van der Waals surface area contributed by atoms with Gasteiger partial charge in [0, 0.05) is 29.0 Å². The second kappa shape index (κ2) is 4.85. The second-order valence-corrected chi connectivity index (χ2v) is 4.94. The fraction of sp³-hybridized carbons (Fsp3) is 0.0909.